The van der Waals surface area contributed by atoms with E-state index in [0.29, 0.717) is 0 Å². The predicted molar refractivity (Wildman–Crippen MR) is 91.3 cm³/mol. The first-order chi connectivity index (χ1) is 12.1. The quantitative estimate of drug-likeness (QED) is 0.320. The molecule has 0 fully saturated rings. The third kappa shape index (κ3) is 2.97. The fourth-order valence-electron chi connectivity index (χ4n) is 2.59. The maximum Gasteiger partial charge on any atom is 0.316 e. The zero-order chi connectivity index (χ0) is 17.4. The van der Waals surface area contributed by atoms with E-state index < -0.39 is 18.4 Å². The molecule has 0 saturated carbocycles. The molecule has 0 unspecified atom stereocenters. The van der Waals surface area contributed by atoms with Gasteiger partial charge < -0.3 is 14.6 Å². The van der Waals surface area contributed by atoms with E-state index in [0.717, 1.165) is 26.4 Å². The Morgan fingerprint density at radius 1 is 1.16 bits per heavy atom. The fraction of sp³-hybridized carbons (Fsp3) is 0.0556. The molecule has 0 spiro atoms. The molecule has 2 aromatic heterocycles. The predicted octanol–water partition coefficient (Wildman–Crippen LogP) is 2.26. The van der Waals surface area contributed by atoms with Crippen LogP contribution in [0.4, 0.5) is 0 Å². The number of carbonyl (C=O) groups is 2. The number of rotatable bonds is 4. The lowest BCUT2D eigenvalue weighted by atomic mass is 10.1. The number of aliphatic carboxylic acids is 1. The Balaban J connectivity index is 1.67. The van der Waals surface area contributed by atoms with Crippen molar-refractivity contribution in [3.8, 4) is 17.0 Å². The van der Waals surface area contributed by atoms with Crippen LogP contribution in [0.25, 0.3) is 26.4 Å². The van der Waals surface area contributed by atoms with Gasteiger partial charge in [0.25, 0.3) is 0 Å². The van der Waals surface area contributed by atoms with Crippen LogP contribution in [-0.2, 0) is 9.59 Å². The Kier molecular flexibility index (Phi) is 3.70. The summed E-state index contributed by atoms with van der Waals surface area (Å²) in [5.41, 5.74) is 2.60. The zero-order valence-electron chi connectivity index (χ0n) is 12.8. The molecule has 4 aromatic rings. The number of ether oxygens (including phenoxy) is 1. The van der Waals surface area contributed by atoms with Gasteiger partial charge in [-0.25, -0.2) is 4.98 Å². The van der Waals surface area contributed by atoms with Crippen LogP contribution in [-0.4, -0.2) is 21.3 Å². The molecule has 0 aliphatic carbocycles. The molecule has 0 bridgehead atoms. The molecular formula is C18H11N2O4S-. The van der Waals surface area contributed by atoms with Crippen LogP contribution in [0.5, 0.6) is 5.75 Å². The summed E-state index contributed by atoms with van der Waals surface area (Å²) in [5.74, 6) is -2.07. The molecule has 0 aliphatic heterocycles. The SMILES string of the molecule is O=C([O-])CC(=O)Oc1cccc(-c2cn3c(n2)sc2ccccc23)c1. The van der Waals surface area contributed by atoms with Crippen molar-refractivity contribution in [2.45, 2.75) is 6.42 Å². The van der Waals surface area contributed by atoms with Crippen LogP contribution in [0.15, 0.2) is 54.7 Å². The topological polar surface area (TPSA) is 83.7 Å². The summed E-state index contributed by atoms with van der Waals surface area (Å²) in [6, 6.07) is 14.9. The summed E-state index contributed by atoms with van der Waals surface area (Å²) in [6.07, 6.45) is 1.15. The van der Waals surface area contributed by atoms with Crippen LogP contribution < -0.4 is 9.84 Å². The number of benzene rings is 2. The number of hydrogen-bond donors (Lipinski definition) is 0. The summed E-state index contributed by atoms with van der Waals surface area (Å²) in [7, 11) is 0. The van der Waals surface area contributed by atoms with Gasteiger partial charge in [-0.05, 0) is 24.3 Å². The van der Waals surface area contributed by atoms with E-state index in [9.17, 15) is 14.7 Å². The second kappa shape index (κ2) is 6.03. The van der Waals surface area contributed by atoms with E-state index in [2.05, 4.69) is 4.98 Å². The van der Waals surface area contributed by atoms with E-state index >= 15 is 0 Å². The van der Waals surface area contributed by atoms with Crippen molar-refractivity contribution in [3.63, 3.8) is 0 Å². The summed E-state index contributed by atoms with van der Waals surface area (Å²) in [6.45, 7) is 0. The first-order valence-electron chi connectivity index (χ1n) is 7.48. The van der Waals surface area contributed by atoms with Gasteiger partial charge in [-0.2, -0.15) is 0 Å². The average Bonchev–Trinajstić information content (AvgIpc) is 3.12. The summed E-state index contributed by atoms with van der Waals surface area (Å²) >= 11 is 1.59. The van der Waals surface area contributed by atoms with Crippen LogP contribution in [0.3, 0.4) is 0 Å². The van der Waals surface area contributed by atoms with Gasteiger partial charge in [-0.1, -0.05) is 35.6 Å². The highest BCUT2D eigenvalue weighted by atomic mass is 32.1. The maximum absolute atomic E-state index is 11.5. The van der Waals surface area contributed by atoms with Crippen molar-refractivity contribution in [1.82, 2.24) is 9.38 Å². The lowest BCUT2D eigenvalue weighted by Gasteiger charge is -2.06. The fourth-order valence-corrected chi connectivity index (χ4v) is 3.60. The minimum absolute atomic E-state index is 0.268. The molecule has 0 saturated heterocycles. The van der Waals surface area contributed by atoms with E-state index in [1.54, 1.807) is 29.5 Å². The number of carbonyl (C=O) groups excluding carboxylic acids is 2. The number of carboxylic acids is 1. The van der Waals surface area contributed by atoms with E-state index in [4.69, 9.17) is 4.74 Å². The molecule has 2 aromatic carbocycles. The van der Waals surface area contributed by atoms with Crippen molar-refractivity contribution in [3.05, 3.63) is 54.7 Å². The molecule has 0 radical (unpaired) electrons. The van der Waals surface area contributed by atoms with Gasteiger partial charge in [0.15, 0.2) is 4.96 Å². The van der Waals surface area contributed by atoms with Gasteiger partial charge in [0.2, 0.25) is 0 Å². The van der Waals surface area contributed by atoms with Crippen molar-refractivity contribution in [2.24, 2.45) is 0 Å². The Hall–Kier alpha value is -3.19. The largest absolute Gasteiger partial charge is 0.550 e. The van der Waals surface area contributed by atoms with Gasteiger partial charge >= 0.3 is 5.97 Å². The van der Waals surface area contributed by atoms with Gasteiger partial charge in [0, 0.05) is 11.8 Å². The number of para-hydroxylation sites is 1. The number of nitrogens with zero attached hydrogens (tertiary/aromatic N) is 2. The molecule has 25 heavy (non-hydrogen) atoms. The smallest absolute Gasteiger partial charge is 0.316 e. The molecule has 0 amide bonds. The lowest BCUT2D eigenvalue weighted by molar-refractivity contribution is -0.304. The number of esters is 1. The van der Waals surface area contributed by atoms with Gasteiger partial charge in [0.1, 0.15) is 5.75 Å². The Labute approximate surface area is 145 Å². The third-order valence-electron chi connectivity index (χ3n) is 3.65. The number of imidazole rings is 1. The lowest BCUT2D eigenvalue weighted by Crippen LogP contribution is -2.27. The standard InChI is InChI=1S/C18H12N2O4S/c21-16(22)9-17(23)24-12-5-3-4-11(8-12)13-10-20-14-6-1-2-7-15(14)25-18(20)19-13/h1-8,10H,9H2,(H,21,22)/p-1. The third-order valence-corrected chi connectivity index (χ3v) is 4.69. The Morgan fingerprint density at radius 2 is 2.00 bits per heavy atom. The van der Waals surface area contributed by atoms with Crippen LogP contribution in [0.2, 0.25) is 0 Å². The Morgan fingerprint density at radius 3 is 2.84 bits per heavy atom. The molecule has 0 aliphatic rings. The molecule has 7 heteroatoms. The number of hydrogen-bond acceptors (Lipinski definition) is 6. The van der Waals surface area contributed by atoms with Crippen molar-refractivity contribution in [2.75, 3.05) is 0 Å². The monoisotopic (exact) mass is 351 g/mol. The highest BCUT2D eigenvalue weighted by Crippen LogP contribution is 2.30. The van der Waals surface area contributed by atoms with Crippen LogP contribution in [0, 0.1) is 0 Å². The van der Waals surface area contributed by atoms with Gasteiger partial charge in [-0.15, -0.1) is 0 Å². The molecule has 2 heterocycles. The van der Waals surface area contributed by atoms with Crippen molar-refractivity contribution >= 4 is 38.5 Å². The number of fused-ring (bicyclic) bond motifs is 3. The Bertz CT molecular complexity index is 1110. The first kappa shape index (κ1) is 15.3. The molecule has 0 atom stereocenters. The zero-order valence-corrected chi connectivity index (χ0v) is 13.7. The highest BCUT2D eigenvalue weighted by molar-refractivity contribution is 7.23. The minimum Gasteiger partial charge on any atom is -0.550 e. The summed E-state index contributed by atoms with van der Waals surface area (Å²) < 4.78 is 8.19. The van der Waals surface area contributed by atoms with E-state index in [1.165, 1.54) is 0 Å². The van der Waals surface area contributed by atoms with Gasteiger partial charge in [-0.3, -0.25) is 9.20 Å². The molecule has 6 nitrogen and oxygen atoms in total. The molecule has 124 valence electrons. The van der Waals surface area contributed by atoms with Crippen molar-refractivity contribution in [1.29, 1.82) is 0 Å². The normalized spacial score (nSPS) is 11.0. The van der Waals surface area contributed by atoms with Crippen LogP contribution >= 0.6 is 11.3 Å². The second-order valence-electron chi connectivity index (χ2n) is 5.40. The van der Waals surface area contributed by atoms with E-state index in [-0.39, 0.29) is 5.75 Å². The average molecular weight is 351 g/mol. The number of carboxylic acid groups (broad SMARTS) is 1. The van der Waals surface area contributed by atoms with Crippen LogP contribution in [0.1, 0.15) is 6.42 Å². The molecular weight excluding hydrogens is 340 g/mol. The second-order valence-corrected chi connectivity index (χ2v) is 6.41. The molecule has 0 N–H and O–H groups in total. The maximum atomic E-state index is 11.5. The van der Waals surface area contributed by atoms with E-state index in [1.807, 2.05) is 40.9 Å². The summed E-state index contributed by atoms with van der Waals surface area (Å²) in [5, 5.41) is 10.4. The van der Waals surface area contributed by atoms with Crippen molar-refractivity contribution < 1.29 is 19.4 Å². The highest BCUT2D eigenvalue weighted by Gasteiger charge is 2.11. The number of thiazole rings is 1. The molecule has 4 rings (SSSR count). The number of aromatic nitrogens is 2. The van der Waals surface area contributed by atoms with Gasteiger partial charge in [0.05, 0.1) is 28.3 Å². The minimum atomic E-state index is -1.47. The first-order valence-corrected chi connectivity index (χ1v) is 8.29. The summed E-state index contributed by atoms with van der Waals surface area (Å²) in [4.78, 5) is 27.4.